The Morgan fingerprint density at radius 1 is 1.36 bits per heavy atom. The smallest absolute Gasteiger partial charge is 0.0908 e. The number of thiol groups is 1. The molecule has 1 heterocycles. The van der Waals surface area contributed by atoms with E-state index in [9.17, 15) is 0 Å². The van der Waals surface area contributed by atoms with Gasteiger partial charge in [-0.3, -0.25) is 4.68 Å². The summed E-state index contributed by atoms with van der Waals surface area (Å²) < 4.78 is 1.80. The number of fused-ring (bicyclic) bond motifs is 1. The fraction of sp³-hybridized carbons (Fsp3) is 0.125. The van der Waals surface area contributed by atoms with Crippen molar-refractivity contribution in [3.05, 3.63) is 30.5 Å². The third-order valence-electron chi connectivity index (χ3n) is 1.63. The molecular formula is C8H8N2S. The molecule has 0 saturated carbocycles. The zero-order valence-electron chi connectivity index (χ0n) is 5.94. The van der Waals surface area contributed by atoms with Crippen molar-refractivity contribution in [3.63, 3.8) is 0 Å². The molecule has 0 amide bonds. The highest BCUT2D eigenvalue weighted by molar-refractivity contribution is 7.79. The maximum Gasteiger partial charge on any atom is 0.0908 e. The number of hydrogen-bond acceptors (Lipinski definition) is 2. The Bertz CT molecular complexity index is 329. The van der Waals surface area contributed by atoms with Gasteiger partial charge in [0.25, 0.3) is 0 Å². The zero-order valence-corrected chi connectivity index (χ0v) is 6.83. The van der Waals surface area contributed by atoms with E-state index in [1.807, 2.05) is 30.5 Å². The van der Waals surface area contributed by atoms with Crippen molar-refractivity contribution in [2.75, 3.05) is 0 Å². The van der Waals surface area contributed by atoms with Gasteiger partial charge in [-0.1, -0.05) is 12.1 Å². The molecule has 0 fully saturated rings. The molecule has 0 aromatic rings. The highest BCUT2D eigenvalue weighted by Gasteiger charge is 2.01. The van der Waals surface area contributed by atoms with Crippen LogP contribution >= 0.6 is 12.6 Å². The van der Waals surface area contributed by atoms with Crippen LogP contribution in [0.15, 0.2) is 30.5 Å². The lowest BCUT2D eigenvalue weighted by Gasteiger charge is -2.02. The molecule has 2 nitrogen and oxygen atoms in total. The van der Waals surface area contributed by atoms with Gasteiger partial charge in [0, 0.05) is 11.8 Å². The Morgan fingerprint density at radius 2 is 2.27 bits per heavy atom. The number of nitrogens with zero attached hydrogens (tertiary/aromatic N) is 2. The summed E-state index contributed by atoms with van der Waals surface area (Å²) in [4.78, 5) is 0. The van der Waals surface area contributed by atoms with Gasteiger partial charge in [0.2, 0.25) is 0 Å². The minimum atomic E-state index is 0.626. The average Bonchev–Trinajstić information content (AvgIpc) is 2.50. The molecule has 0 N–H and O–H groups in total. The summed E-state index contributed by atoms with van der Waals surface area (Å²) in [6.07, 6.45) is 1.93. The Kier molecular flexibility index (Phi) is 1.58. The molecule has 0 bridgehead atoms. The molecule has 1 aliphatic heterocycles. The molecule has 2 rings (SSSR count). The minimum Gasteiger partial charge on any atom is -0.262 e. The predicted molar refractivity (Wildman–Crippen MR) is 47.8 cm³/mol. The Balaban J connectivity index is 2.59. The molecule has 0 unspecified atom stereocenters. The molecule has 56 valence electrons. The summed E-state index contributed by atoms with van der Waals surface area (Å²) in [5.74, 6) is 0.626. The van der Waals surface area contributed by atoms with Crippen LogP contribution in [0.4, 0.5) is 0 Å². The van der Waals surface area contributed by atoms with E-state index in [-0.39, 0.29) is 0 Å². The Morgan fingerprint density at radius 3 is 3.09 bits per heavy atom. The summed E-state index contributed by atoms with van der Waals surface area (Å²) in [5.41, 5.74) is 2.21. The van der Waals surface area contributed by atoms with Crippen molar-refractivity contribution >= 4 is 12.6 Å². The van der Waals surface area contributed by atoms with Crippen molar-refractivity contribution in [1.29, 1.82) is 0 Å². The van der Waals surface area contributed by atoms with Crippen LogP contribution in [0.25, 0.3) is 11.3 Å². The minimum absolute atomic E-state index is 0.626. The second-order valence-corrected chi connectivity index (χ2v) is 2.65. The maximum absolute atomic E-state index is 4.29. The quantitative estimate of drug-likeness (QED) is 0.637. The van der Waals surface area contributed by atoms with Gasteiger partial charge in [-0.15, -0.1) is 0 Å². The van der Waals surface area contributed by atoms with E-state index in [1.54, 1.807) is 4.68 Å². The average molecular weight is 164 g/mol. The fourth-order valence-electron chi connectivity index (χ4n) is 1.07. The Hall–Kier alpha value is -0.960. The molecule has 0 radical (unpaired) electrons. The Labute approximate surface area is 70.6 Å². The molecule has 3 heteroatoms. The van der Waals surface area contributed by atoms with Crippen molar-refractivity contribution in [3.8, 4) is 11.3 Å². The molecular weight excluding hydrogens is 156 g/mol. The molecule has 0 aromatic heterocycles. The fourth-order valence-corrected chi connectivity index (χ4v) is 1.23. The first-order valence-corrected chi connectivity index (χ1v) is 4.06. The lowest BCUT2D eigenvalue weighted by molar-refractivity contribution is 0.731. The molecule has 0 spiro atoms. The van der Waals surface area contributed by atoms with Crippen LogP contribution in [-0.2, 0) is 5.88 Å². The van der Waals surface area contributed by atoms with Crippen LogP contribution < -0.4 is 0 Å². The van der Waals surface area contributed by atoms with E-state index in [0.717, 1.165) is 5.69 Å². The molecule has 1 aliphatic carbocycles. The maximum atomic E-state index is 4.29. The van der Waals surface area contributed by atoms with Crippen LogP contribution in [0.5, 0.6) is 0 Å². The largest absolute Gasteiger partial charge is 0.262 e. The number of rotatable bonds is 1. The normalized spacial score (nSPS) is 10.6. The molecule has 0 saturated heterocycles. The number of aromatic nitrogens is 2. The second kappa shape index (κ2) is 2.58. The lowest BCUT2D eigenvalue weighted by Crippen LogP contribution is -1.99. The van der Waals surface area contributed by atoms with E-state index in [0.29, 0.717) is 5.88 Å². The van der Waals surface area contributed by atoms with E-state index >= 15 is 0 Å². The van der Waals surface area contributed by atoms with E-state index < -0.39 is 0 Å². The van der Waals surface area contributed by atoms with E-state index in [2.05, 4.69) is 17.7 Å². The van der Waals surface area contributed by atoms with Gasteiger partial charge < -0.3 is 0 Å². The van der Waals surface area contributed by atoms with Crippen LogP contribution in [0.3, 0.4) is 0 Å². The third-order valence-corrected chi connectivity index (χ3v) is 1.92. The first kappa shape index (κ1) is 6.73. The van der Waals surface area contributed by atoms with Gasteiger partial charge in [0.15, 0.2) is 0 Å². The number of hydrogen-bond donors (Lipinski definition) is 1. The first-order chi connectivity index (χ1) is 5.40. The topological polar surface area (TPSA) is 17.8 Å². The van der Waals surface area contributed by atoms with Crippen LogP contribution in [0.1, 0.15) is 0 Å². The van der Waals surface area contributed by atoms with Crippen LogP contribution in [0.2, 0.25) is 0 Å². The van der Waals surface area contributed by atoms with Crippen molar-refractivity contribution < 1.29 is 0 Å². The third kappa shape index (κ3) is 1.12. The monoisotopic (exact) mass is 164 g/mol. The van der Waals surface area contributed by atoms with Gasteiger partial charge >= 0.3 is 0 Å². The van der Waals surface area contributed by atoms with Crippen molar-refractivity contribution in [1.82, 2.24) is 9.78 Å². The molecule has 0 atom stereocenters. The molecule has 11 heavy (non-hydrogen) atoms. The van der Waals surface area contributed by atoms with Gasteiger partial charge in [-0.05, 0) is 12.1 Å². The van der Waals surface area contributed by atoms with Crippen LogP contribution in [-0.4, -0.2) is 9.78 Å². The van der Waals surface area contributed by atoms with Gasteiger partial charge in [-0.25, -0.2) is 0 Å². The standard InChI is InChI=1S/C8H8N2S/c11-6-10-5-4-7-2-1-3-8(7)9-10/h1-5,11H,6H2. The van der Waals surface area contributed by atoms with E-state index in [1.165, 1.54) is 5.56 Å². The highest BCUT2D eigenvalue weighted by atomic mass is 32.1. The highest BCUT2D eigenvalue weighted by Crippen LogP contribution is 2.18. The van der Waals surface area contributed by atoms with Crippen molar-refractivity contribution in [2.45, 2.75) is 5.88 Å². The SMILES string of the molecule is SCn1ccc2cccc-2n1. The lowest BCUT2D eigenvalue weighted by atomic mass is 10.3. The predicted octanol–water partition coefficient (Wildman–Crippen LogP) is 1.88. The van der Waals surface area contributed by atoms with Crippen molar-refractivity contribution in [2.24, 2.45) is 0 Å². The van der Waals surface area contributed by atoms with E-state index in [4.69, 9.17) is 0 Å². The summed E-state index contributed by atoms with van der Waals surface area (Å²) in [7, 11) is 0. The van der Waals surface area contributed by atoms with Gasteiger partial charge in [0.05, 0.1) is 11.6 Å². The van der Waals surface area contributed by atoms with Gasteiger partial charge in [-0.2, -0.15) is 17.7 Å². The molecule has 0 aromatic carbocycles. The summed E-state index contributed by atoms with van der Waals surface area (Å²) in [5, 5.41) is 4.29. The zero-order chi connectivity index (χ0) is 7.68. The summed E-state index contributed by atoms with van der Waals surface area (Å²) in [6, 6.07) is 8.08. The first-order valence-electron chi connectivity index (χ1n) is 3.43. The summed E-state index contributed by atoms with van der Waals surface area (Å²) in [6.45, 7) is 0. The van der Waals surface area contributed by atoms with Gasteiger partial charge in [0.1, 0.15) is 0 Å². The second-order valence-electron chi connectivity index (χ2n) is 2.36. The molecule has 2 aliphatic rings. The summed E-state index contributed by atoms with van der Waals surface area (Å²) >= 11 is 4.12. The van der Waals surface area contributed by atoms with Crippen LogP contribution in [0, 0.1) is 0 Å².